The largest absolute Gasteiger partial charge is 0.289 e. The lowest BCUT2D eigenvalue weighted by Gasteiger charge is -2.03. The maximum Gasteiger partial charge on any atom is 0.289 e. The van der Waals surface area contributed by atoms with Gasteiger partial charge in [-0.05, 0) is 12.1 Å². The molecular weight excluding hydrogens is 247 g/mol. The Balaban J connectivity index is 2.50. The van der Waals surface area contributed by atoms with Gasteiger partial charge in [-0.15, -0.1) is 0 Å². The molecule has 0 unspecified atom stereocenters. The van der Waals surface area contributed by atoms with Crippen molar-refractivity contribution in [3.8, 4) is 11.3 Å². The van der Waals surface area contributed by atoms with E-state index in [1.807, 2.05) is 0 Å². The molecule has 6 heteroatoms. The van der Waals surface area contributed by atoms with Gasteiger partial charge in [0.15, 0.2) is 0 Å². The second-order valence-corrected chi connectivity index (χ2v) is 3.70. The quantitative estimate of drug-likeness (QED) is 0.608. The zero-order valence-corrected chi connectivity index (χ0v) is 9.19. The Morgan fingerprint density at radius 3 is 2.71 bits per heavy atom. The van der Waals surface area contributed by atoms with Gasteiger partial charge < -0.3 is 0 Å². The van der Waals surface area contributed by atoms with Gasteiger partial charge in [0.25, 0.3) is 5.69 Å². The van der Waals surface area contributed by atoms with Gasteiger partial charge in [0.1, 0.15) is 12.0 Å². The molecule has 2 aromatic rings. The molecule has 0 amide bonds. The summed E-state index contributed by atoms with van der Waals surface area (Å²) in [6.07, 6.45) is 1.09. The van der Waals surface area contributed by atoms with Crippen molar-refractivity contribution >= 4 is 17.3 Å². The van der Waals surface area contributed by atoms with Crippen molar-refractivity contribution in [1.82, 2.24) is 4.98 Å². The van der Waals surface area contributed by atoms with E-state index in [-0.39, 0.29) is 10.7 Å². The van der Waals surface area contributed by atoms with Crippen LogP contribution in [-0.2, 0) is 0 Å². The molecule has 4 nitrogen and oxygen atoms in total. The van der Waals surface area contributed by atoms with Gasteiger partial charge >= 0.3 is 0 Å². The van der Waals surface area contributed by atoms with Crippen LogP contribution in [0.1, 0.15) is 0 Å². The first-order valence-electron chi connectivity index (χ1n) is 4.64. The van der Waals surface area contributed by atoms with Gasteiger partial charge in [0, 0.05) is 11.6 Å². The van der Waals surface area contributed by atoms with Crippen LogP contribution in [0.4, 0.5) is 10.1 Å². The summed E-state index contributed by atoms with van der Waals surface area (Å²) in [6, 6.07) is 6.89. The average Bonchev–Trinajstić information content (AvgIpc) is 2.28. The predicted molar refractivity (Wildman–Crippen MR) is 61.3 cm³/mol. The van der Waals surface area contributed by atoms with Gasteiger partial charge in [0.05, 0.1) is 15.6 Å². The number of nitrogens with zero attached hydrogens (tertiary/aromatic N) is 2. The van der Waals surface area contributed by atoms with Gasteiger partial charge in [0.2, 0.25) is 0 Å². The molecular formula is C11H6ClFN2O2. The summed E-state index contributed by atoms with van der Waals surface area (Å²) >= 11 is 5.87. The van der Waals surface area contributed by atoms with Crippen molar-refractivity contribution in [2.75, 3.05) is 0 Å². The standard InChI is InChI=1S/C11H6ClFN2O2/c12-10-5-9(15(16)17)6-14-11(10)7-2-1-3-8(13)4-7/h1-6H. The third-order valence-electron chi connectivity index (χ3n) is 2.14. The number of pyridine rings is 1. The maximum atomic E-state index is 13.0. The third-order valence-corrected chi connectivity index (χ3v) is 2.42. The van der Waals surface area contributed by atoms with Crippen molar-refractivity contribution in [2.45, 2.75) is 0 Å². The average molecular weight is 253 g/mol. The Morgan fingerprint density at radius 2 is 2.12 bits per heavy atom. The maximum absolute atomic E-state index is 13.0. The van der Waals surface area contributed by atoms with Crippen molar-refractivity contribution < 1.29 is 9.31 Å². The number of hydrogen-bond donors (Lipinski definition) is 0. The van der Waals surface area contributed by atoms with Crippen LogP contribution >= 0.6 is 11.6 Å². The topological polar surface area (TPSA) is 56.0 Å². The van der Waals surface area contributed by atoms with Crippen LogP contribution in [0.2, 0.25) is 5.02 Å². The van der Waals surface area contributed by atoms with E-state index in [0.717, 1.165) is 6.20 Å². The molecule has 1 aromatic heterocycles. The molecule has 1 heterocycles. The van der Waals surface area contributed by atoms with Gasteiger partial charge in [-0.1, -0.05) is 23.7 Å². The summed E-state index contributed by atoms with van der Waals surface area (Å²) in [6.45, 7) is 0. The SMILES string of the molecule is O=[N+]([O-])c1cnc(-c2cccc(F)c2)c(Cl)c1. The van der Waals surface area contributed by atoms with E-state index in [9.17, 15) is 14.5 Å². The summed E-state index contributed by atoms with van der Waals surface area (Å²) in [5.74, 6) is -0.418. The molecule has 17 heavy (non-hydrogen) atoms. The second kappa shape index (κ2) is 4.47. The Bertz CT molecular complexity index is 589. The first-order chi connectivity index (χ1) is 8.08. The van der Waals surface area contributed by atoms with E-state index < -0.39 is 10.7 Å². The number of rotatable bonds is 2. The molecule has 0 saturated carbocycles. The minimum atomic E-state index is -0.589. The summed E-state index contributed by atoms with van der Waals surface area (Å²) in [4.78, 5) is 13.8. The molecule has 0 aliphatic heterocycles. The zero-order valence-electron chi connectivity index (χ0n) is 8.43. The third kappa shape index (κ3) is 2.39. The van der Waals surface area contributed by atoms with Gasteiger partial charge in [-0.2, -0.15) is 0 Å². The van der Waals surface area contributed by atoms with Crippen LogP contribution in [0.15, 0.2) is 36.5 Å². The zero-order chi connectivity index (χ0) is 12.4. The van der Waals surface area contributed by atoms with Crippen LogP contribution in [0.3, 0.4) is 0 Å². The molecule has 86 valence electrons. The van der Waals surface area contributed by atoms with E-state index in [4.69, 9.17) is 11.6 Å². The number of nitro groups is 1. The summed E-state index contributed by atoms with van der Waals surface area (Å²) < 4.78 is 13.0. The number of benzene rings is 1. The van der Waals surface area contributed by atoms with E-state index in [1.165, 1.54) is 24.3 Å². The van der Waals surface area contributed by atoms with E-state index in [1.54, 1.807) is 6.07 Å². The molecule has 0 atom stereocenters. The summed E-state index contributed by atoms with van der Waals surface area (Å²) in [5.41, 5.74) is 0.594. The number of halogens is 2. The molecule has 0 radical (unpaired) electrons. The lowest BCUT2D eigenvalue weighted by molar-refractivity contribution is -0.385. The molecule has 2 rings (SSSR count). The minimum Gasteiger partial charge on any atom is -0.258 e. The highest BCUT2D eigenvalue weighted by atomic mass is 35.5. The Kier molecular flexibility index (Phi) is 3.01. The van der Waals surface area contributed by atoms with Crippen molar-refractivity contribution in [3.05, 3.63) is 57.5 Å². The lowest BCUT2D eigenvalue weighted by atomic mass is 10.1. The predicted octanol–water partition coefficient (Wildman–Crippen LogP) is 3.45. The first kappa shape index (κ1) is 11.5. The van der Waals surface area contributed by atoms with Crippen LogP contribution < -0.4 is 0 Å². The summed E-state index contributed by atoms with van der Waals surface area (Å²) in [7, 11) is 0. The molecule has 0 aliphatic rings. The molecule has 0 bridgehead atoms. The van der Waals surface area contributed by atoms with Crippen LogP contribution in [0, 0.1) is 15.9 Å². The Morgan fingerprint density at radius 1 is 1.35 bits per heavy atom. The van der Waals surface area contributed by atoms with E-state index >= 15 is 0 Å². The monoisotopic (exact) mass is 252 g/mol. The molecule has 0 N–H and O–H groups in total. The van der Waals surface area contributed by atoms with Crippen molar-refractivity contribution in [2.24, 2.45) is 0 Å². The summed E-state index contributed by atoms with van der Waals surface area (Å²) in [5, 5.41) is 10.6. The highest BCUT2D eigenvalue weighted by molar-refractivity contribution is 6.33. The fraction of sp³-hybridized carbons (Fsp3) is 0. The van der Waals surface area contributed by atoms with Gasteiger partial charge in [-0.3, -0.25) is 10.1 Å². The molecule has 0 spiro atoms. The number of hydrogen-bond acceptors (Lipinski definition) is 3. The fourth-order valence-electron chi connectivity index (χ4n) is 1.38. The van der Waals surface area contributed by atoms with Crippen molar-refractivity contribution in [1.29, 1.82) is 0 Å². The Labute approximate surface area is 101 Å². The van der Waals surface area contributed by atoms with Gasteiger partial charge in [-0.25, -0.2) is 9.37 Å². The minimum absolute atomic E-state index is 0.116. The first-order valence-corrected chi connectivity index (χ1v) is 5.01. The van der Waals surface area contributed by atoms with E-state index in [2.05, 4.69) is 4.98 Å². The molecule has 0 aliphatic carbocycles. The number of aromatic nitrogens is 1. The fourth-order valence-corrected chi connectivity index (χ4v) is 1.65. The smallest absolute Gasteiger partial charge is 0.258 e. The molecule has 0 saturated heterocycles. The highest BCUT2D eigenvalue weighted by Crippen LogP contribution is 2.28. The van der Waals surface area contributed by atoms with Crippen LogP contribution in [-0.4, -0.2) is 9.91 Å². The van der Waals surface area contributed by atoms with Crippen LogP contribution in [0.5, 0.6) is 0 Å². The molecule has 0 fully saturated rings. The van der Waals surface area contributed by atoms with E-state index in [0.29, 0.717) is 11.3 Å². The Hall–Kier alpha value is -2.01. The molecule has 1 aromatic carbocycles. The van der Waals surface area contributed by atoms with Crippen molar-refractivity contribution in [3.63, 3.8) is 0 Å². The van der Waals surface area contributed by atoms with Crippen LogP contribution in [0.25, 0.3) is 11.3 Å². The lowest BCUT2D eigenvalue weighted by Crippen LogP contribution is -1.92. The highest BCUT2D eigenvalue weighted by Gasteiger charge is 2.12. The second-order valence-electron chi connectivity index (χ2n) is 3.29. The normalized spacial score (nSPS) is 10.2.